The van der Waals surface area contributed by atoms with Gasteiger partial charge in [-0.05, 0) is 18.2 Å². The van der Waals surface area contributed by atoms with Crippen LogP contribution in [0.3, 0.4) is 0 Å². The fourth-order valence-corrected chi connectivity index (χ4v) is 1.19. The molecule has 0 amide bonds. The van der Waals surface area contributed by atoms with Crippen LogP contribution in [0.1, 0.15) is 0 Å². The van der Waals surface area contributed by atoms with Gasteiger partial charge >= 0.3 is 5.97 Å². The molecule has 0 saturated carbocycles. The quantitative estimate of drug-likeness (QED) is 0.556. The Morgan fingerprint density at radius 2 is 2.00 bits per heavy atom. The van der Waals surface area contributed by atoms with E-state index in [1.54, 1.807) is 6.07 Å². The van der Waals surface area contributed by atoms with Gasteiger partial charge in [-0.2, -0.15) is 0 Å². The van der Waals surface area contributed by atoms with Crippen LogP contribution in [-0.4, -0.2) is 17.7 Å². The van der Waals surface area contributed by atoms with Gasteiger partial charge in [0.05, 0.1) is 5.02 Å². The molecule has 0 bridgehead atoms. The number of hydrogen-bond acceptors (Lipinski definition) is 4. The van der Waals surface area contributed by atoms with E-state index >= 15 is 0 Å². The van der Waals surface area contributed by atoms with Crippen molar-refractivity contribution < 1.29 is 14.6 Å². The predicted octanol–water partition coefficient (Wildman–Crippen LogP) is 1.28. The Morgan fingerprint density at radius 3 is 2.47 bits per heavy atom. The SMILES string of the molecule is NN.O=C(O)COc1ccc(Cl)cc1Cl. The highest BCUT2D eigenvalue weighted by Crippen LogP contribution is 2.27. The van der Waals surface area contributed by atoms with E-state index in [9.17, 15) is 4.79 Å². The topological polar surface area (TPSA) is 98.6 Å². The Hall–Kier alpha value is -1.01. The Kier molecular flexibility index (Phi) is 6.81. The molecule has 5 N–H and O–H groups in total. The lowest BCUT2D eigenvalue weighted by Gasteiger charge is -2.04. The van der Waals surface area contributed by atoms with Crippen molar-refractivity contribution in [2.75, 3.05) is 6.61 Å². The summed E-state index contributed by atoms with van der Waals surface area (Å²) in [5.41, 5.74) is 0. The van der Waals surface area contributed by atoms with E-state index in [0.29, 0.717) is 15.8 Å². The lowest BCUT2D eigenvalue weighted by atomic mass is 10.3. The molecule has 0 unspecified atom stereocenters. The number of hydrazine groups is 1. The zero-order valence-corrected chi connectivity index (χ0v) is 9.13. The summed E-state index contributed by atoms with van der Waals surface area (Å²) in [7, 11) is 0. The van der Waals surface area contributed by atoms with Gasteiger partial charge in [-0.25, -0.2) is 4.79 Å². The summed E-state index contributed by atoms with van der Waals surface area (Å²) in [6.45, 7) is -0.415. The molecule has 0 aliphatic rings. The Morgan fingerprint density at radius 1 is 1.40 bits per heavy atom. The zero-order chi connectivity index (χ0) is 11.8. The minimum absolute atomic E-state index is 0.300. The summed E-state index contributed by atoms with van der Waals surface area (Å²) in [6.07, 6.45) is 0. The maximum atomic E-state index is 10.2. The van der Waals surface area contributed by atoms with Gasteiger partial charge in [0.2, 0.25) is 0 Å². The van der Waals surface area contributed by atoms with Crippen molar-refractivity contribution >= 4 is 29.2 Å². The smallest absolute Gasteiger partial charge is 0.341 e. The van der Waals surface area contributed by atoms with E-state index in [1.807, 2.05) is 0 Å². The summed E-state index contributed by atoms with van der Waals surface area (Å²) in [5.74, 6) is 7.26. The van der Waals surface area contributed by atoms with Crippen LogP contribution in [0.5, 0.6) is 5.75 Å². The third-order valence-electron chi connectivity index (χ3n) is 1.25. The molecule has 0 atom stereocenters. The number of benzene rings is 1. The molecule has 1 rings (SSSR count). The molecule has 15 heavy (non-hydrogen) atoms. The second-order valence-corrected chi connectivity index (χ2v) is 3.10. The van der Waals surface area contributed by atoms with E-state index in [2.05, 4.69) is 11.7 Å². The zero-order valence-electron chi connectivity index (χ0n) is 7.61. The normalized spacial score (nSPS) is 8.80. The Bertz CT molecular complexity index is 334. The molecule has 84 valence electrons. The van der Waals surface area contributed by atoms with Crippen LogP contribution in [0.2, 0.25) is 10.0 Å². The van der Waals surface area contributed by atoms with Crippen LogP contribution in [0.25, 0.3) is 0 Å². The van der Waals surface area contributed by atoms with Crippen molar-refractivity contribution in [3.63, 3.8) is 0 Å². The number of carboxylic acids is 1. The Labute approximate surface area is 96.5 Å². The fourth-order valence-electron chi connectivity index (χ4n) is 0.732. The van der Waals surface area contributed by atoms with E-state index in [1.165, 1.54) is 12.1 Å². The number of hydrogen-bond donors (Lipinski definition) is 3. The number of carbonyl (C=O) groups is 1. The monoisotopic (exact) mass is 252 g/mol. The number of rotatable bonds is 3. The maximum absolute atomic E-state index is 10.2. The number of carboxylic acid groups (broad SMARTS) is 1. The first-order chi connectivity index (χ1) is 7.09. The summed E-state index contributed by atoms with van der Waals surface area (Å²) >= 11 is 11.3. The van der Waals surface area contributed by atoms with Crippen molar-refractivity contribution in [3.8, 4) is 5.75 Å². The van der Waals surface area contributed by atoms with Gasteiger partial charge < -0.3 is 9.84 Å². The second kappa shape index (κ2) is 7.30. The van der Waals surface area contributed by atoms with Gasteiger partial charge in [0.1, 0.15) is 5.75 Å². The lowest BCUT2D eigenvalue weighted by Crippen LogP contribution is -2.09. The molecule has 5 nitrogen and oxygen atoms in total. The predicted molar refractivity (Wildman–Crippen MR) is 58.0 cm³/mol. The van der Waals surface area contributed by atoms with Crippen molar-refractivity contribution in [2.45, 2.75) is 0 Å². The molecule has 0 aliphatic heterocycles. The van der Waals surface area contributed by atoms with Gasteiger partial charge in [-0.15, -0.1) is 0 Å². The van der Waals surface area contributed by atoms with Crippen molar-refractivity contribution in [2.24, 2.45) is 11.7 Å². The van der Waals surface area contributed by atoms with Gasteiger partial charge in [0, 0.05) is 5.02 Å². The molecule has 0 spiro atoms. The maximum Gasteiger partial charge on any atom is 0.341 e. The third kappa shape index (κ3) is 5.44. The van der Waals surface area contributed by atoms with E-state index in [0.717, 1.165) is 0 Å². The summed E-state index contributed by atoms with van der Waals surface area (Å²) in [4.78, 5) is 10.2. The van der Waals surface area contributed by atoms with Crippen LogP contribution in [0, 0.1) is 0 Å². The highest BCUT2D eigenvalue weighted by Gasteiger charge is 2.04. The van der Waals surface area contributed by atoms with Gasteiger partial charge in [-0.3, -0.25) is 11.7 Å². The highest BCUT2D eigenvalue weighted by molar-refractivity contribution is 6.35. The van der Waals surface area contributed by atoms with Crippen LogP contribution in [0.15, 0.2) is 18.2 Å². The minimum Gasteiger partial charge on any atom is -0.480 e. The van der Waals surface area contributed by atoms with Gasteiger partial charge in [-0.1, -0.05) is 23.2 Å². The summed E-state index contributed by atoms with van der Waals surface area (Å²) in [6, 6.07) is 4.58. The number of halogens is 2. The number of aliphatic carboxylic acids is 1. The molecule has 0 aliphatic carbocycles. The minimum atomic E-state index is -1.05. The van der Waals surface area contributed by atoms with Crippen molar-refractivity contribution in [3.05, 3.63) is 28.2 Å². The summed E-state index contributed by atoms with van der Waals surface area (Å²) in [5, 5.41) is 9.11. The first-order valence-corrected chi connectivity index (χ1v) is 4.48. The third-order valence-corrected chi connectivity index (χ3v) is 1.78. The van der Waals surface area contributed by atoms with Crippen LogP contribution < -0.4 is 16.4 Å². The Balaban J connectivity index is 0.000000921. The fraction of sp³-hybridized carbons (Fsp3) is 0.125. The molecular weight excluding hydrogens is 243 g/mol. The van der Waals surface area contributed by atoms with E-state index in [-0.39, 0.29) is 0 Å². The number of ether oxygens (including phenoxy) is 1. The van der Waals surface area contributed by atoms with E-state index < -0.39 is 12.6 Å². The van der Waals surface area contributed by atoms with Crippen LogP contribution >= 0.6 is 23.2 Å². The average molecular weight is 253 g/mol. The molecule has 1 aromatic carbocycles. The lowest BCUT2D eigenvalue weighted by molar-refractivity contribution is -0.139. The first kappa shape index (κ1) is 14.0. The molecule has 0 radical (unpaired) electrons. The van der Waals surface area contributed by atoms with Crippen LogP contribution in [0.4, 0.5) is 0 Å². The molecule has 1 aromatic rings. The molecule has 7 heteroatoms. The summed E-state index contributed by atoms with van der Waals surface area (Å²) < 4.78 is 4.86. The average Bonchev–Trinajstić information content (AvgIpc) is 2.19. The number of nitrogens with two attached hydrogens (primary N) is 2. The molecule has 0 heterocycles. The van der Waals surface area contributed by atoms with Crippen molar-refractivity contribution in [1.29, 1.82) is 0 Å². The van der Waals surface area contributed by atoms with Crippen molar-refractivity contribution in [1.82, 2.24) is 0 Å². The standard InChI is InChI=1S/C8H6Cl2O3.H4N2/c9-5-1-2-7(6(10)3-5)13-4-8(11)12;1-2/h1-3H,4H2,(H,11,12);1-2H2. The molecule has 0 saturated heterocycles. The molecule has 0 aromatic heterocycles. The van der Waals surface area contributed by atoms with E-state index in [4.69, 9.17) is 33.0 Å². The van der Waals surface area contributed by atoms with Gasteiger partial charge in [0.15, 0.2) is 6.61 Å². The van der Waals surface area contributed by atoms with Gasteiger partial charge in [0.25, 0.3) is 0 Å². The molecule has 0 fully saturated rings. The largest absolute Gasteiger partial charge is 0.480 e. The van der Waals surface area contributed by atoms with Crippen LogP contribution in [-0.2, 0) is 4.79 Å². The molecular formula is C8H10Cl2N2O3. The first-order valence-electron chi connectivity index (χ1n) is 3.72. The second-order valence-electron chi connectivity index (χ2n) is 2.26. The highest BCUT2D eigenvalue weighted by atomic mass is 35.5.